The highest BCUT2D eigenvalue weighted by molar-refractivity contribution is 5.13. The smallest absolute Gasteiger partial charge is 0.0181 e. The first-order valence-corrected chi connectivity index (χ1v) is 8.88. The van der Waals surface area contributed by atoms with Crippen molar-refractivity contribution in [2.45, 2.75) is 90.4 Å². The molecule has 1 aromatic carbocycles. The highest BCUT2D eigenvalue weighted by atomic mass is 14.0. The Hall–Kier alpha value is -0.780. The largest absolute Gasteiger partial charge is 0.0654 e. The van der Waals surface area contributed by atoms with Crippen LogP contribution in [0, 0.1) is 6.07 Å². The van der Waals surface area contributed by atoms with Crippen LogP contribution in [0.3, 0.4) is 0 Å². The quantitative estimate of drug-likeness (QED) is 0.349. The summed E-state index contributed by atoms with van der Waals surface area (Å²) in [6.45, 7) is 2.29. The zero-order chi connectivity index (χ0) is 14.3. The van der Waals surface area contributed by atoms with E-state index in [2.05, 4.69) is 31.2 Å². The number of hydrogen-bond acceptors (Lipinski definition) is 0. The van der Waals surface area contributed by atoms with Crippen LogP contribution < -0.4 is 0 Å². The fourth-order valence-electron chi connectivity index (χ4n) is 2.76. The molecule has 0 saturated carbocycles. The summed E-state index contributed by atoms with van der Waals surface area (Å²) in [5, 5.41) is 0. The maximum Gasteiger partial charge on any atom is -0.0181 e. The lowest BCUT2D eigenvalue weighted by Gasteiger charge is -2.03. The van der Waals surface area contributed by atoms with Gasteiger partial charge in [-0.05, 0) is 24.5 Å². The summed E-state index contributed by atoms with van der Waals surface area (Å²) < 4.78 is 0. The van der Waals surface area contributed by atoms with Crippen LogP contribution in [0.1, 0.15) is 89.5 Å². The summed E-state index contributed by atoms with van der Waals surface area (Å²) >= 11 is 0. The number of hydrogen-bond donors (Lipinski definition) is 0. The third kappa shape index (κ3) is 10.1. The number of unbranched alkanes of at least 4 members (excludes halogenated alkanes) is 11. The second kappa shape index (κ2) is 13.2. The van der Waals surface area contributed by atoms with Crippen LogP contribution in [0.2, 0.25) is 0 Å². The minimum Gasteiger partial charge on any atom is -0.0654 e. The SMILES string of the molecule is CCCCCCCCCCCCCCc1c[c]ccc1. The van der Waals surface area contributed by atoms with Crippen molar-refractivity contribution in [3.63, 3.8) is 0 Å². The minimum absolute atomic E-state index is 1.23. The Kier molecular flexibility index (Phi) is 11.4. The van der Waals surface area contributed by atoms with Crippen molar-refractivity contribution in [3.8, 4) is 0 Å². The van der Waals surface area contributed by atoms with E-state index in [0.29, 0.717) is 0 Å². The second-order valence-corrected chi connectivity index (χ2v) is 6.05. The molecular formula is C20H33. The summed E-state index contributed by atoms with van der Waals surface area (Å²) in [4.78, 5) is 0. The first-order valence-electron chi connectivity index (χ1n) is 8.88. The fourth-order valence-corrected chi connectivity index (χ4v) is 2.76. The molecule has 0 amide bonds. The predicted octanol–water partition coefficient (Wildman–Crippen LogP) is 6.73. The van der Waals surface area contributed by atoms with Gasteiger partial charge in [0.15, 0.2) is 0 Å². The van der Waals surface area contributed by atoms with Gasteiger partial charge in [-0.15, -0.1) is 0 Å². The lowest BCUT2D eigenvalue weighted by Crippen LogP contribution is -1.86. The van der Waals surface area contributed by atoms with Crippen molar-refractivity contribution in [1.29, 1.82) is 0 Å². The molecule has 0 aromatic heterocycles. The molecule has 0 saturated heterocycles. The molecule has 0 nitrogen and oxygen atoms in total. The van der Waals surface area contributed by atoms with Gasteiger partial charge in [0.25, 0.3) is 0 Å². The van der Waals surface area contributed by atoms with Gasteiger partial charge in [-0.2, -0.15) is 0 Å². The van der Waals surface area contributed by atoms with Gasteiger partial charge in [-0.25, -0.2) is 0 Å². The van der Waals surface area contributed by atoms with Crippen LogP contribution in [0.15, 0.2) is 24.3 Å². The van der Waals surface area contributed by atoms with E-state index in [-0.39, 0.29) is 0 Å². The molecule has 1 radical (unpaired) electrons. The molecule has 0 spiro atoms. The first-order chi connectivity index (χ1) is 9.93. The monoisotopic (exact) mass is 273 g/mol. The predicted molar refractivity (Wildman–Crippen MR) is 90.1 cm³/mol. The van der Waals surface area contributed by atoms with Gasteiger partial charge in [0.1, 0.15) is 0 Å². The van der Waals surface area contributed by atoms with Crippen molar-refractivity contribution in [1.82, 2.24) is 0 Å². The Morgan fingerprint density at radius 1 is 0.750 bits per heavy atom. The van der Waals surface area contributed by atoms with E-state index in [1.807, 2.05) is 6.07 Å². The number of benzene rings is 1. The maximum absolute atomic E-state index is 3.15. The van der Waals surface area contributed by atoms with Crippen molar-refractivity contribution in [3.05, 3.63) is 35.9 Å². The Labute approximate surface area is 127 Å². The molecule has 0 bridgehead atoms. The lowest BCUT2D eigenvalue weighted by atomic mass is 10.0. The van der Waals surface area contributed by atoms with E-state index >= 15 is 0 Å². The van der Waals surface area contributed by atoms with Gasteiger partial charge in [0.2, 0.25) is 0 Å². The average molecular weight is 273 g/mol. The molecular weight excluding hydrogens is 240 g/mol. The molecule has 1 rings (SSSR count). The molecule has 0 heterocycles. The van der Waals surface area contributed by atoms with E-state index < -0.39 is 0 Å². The molecule has 113 valence electrons. The van der Waals surface area contributed by atoms with Crippen molar-refractivity contribution < 1.29 is 0 Å². The van der Waals surface area contributed by atoms with Crippen LogP contribution in [0.4, 0.5) is 0 Å². The third-order valence-corrected chi connectivity index (χ3v) is 4.09. The van der Waals surface area contributed by atoms with Gasteiger partial charge in [0, 0.05) is 0 Å². The minimum atomic E-state index is 1.23. The van der Waals surface area contributed by atoms with Crippen molar-refractivity contribution in [2.75, 3.05) is 0 Å². The van der Waals surface area contributed by atoms with E-state index in [1.54, 1.807) is 0 Å². The molecule has 0 N–H and O–H groups in total. The van der Waals surface area contributed by atoms with Crippen molar-refractivity contribution >= 4 is 0 Å². The molecule has 0 aliphatic carbocycles. The Morgan fingerprint density at radius 2 is 1.30 bits per heavy atom. The molecule has 20 heavy (non-hydrogen) atoms. The molecule has 0 fully saturated rings. The Bertz CT molecular complexity index is 288. The molecule has 0 aliphatic heterocycles. The Balaban J connectivity index is 1.77. The van der Waals surface area contributed by atoms with Crippen molar-refractivity contribution in [2.24, 2.45) is 0 Å². The number of aryl methyl sites for hydroxylation is 1. The Morgan fingerprint density at radius 3 is 1.80 bits per heavy atom. The summed E-state index contributed by atoms with van der Waals surface area (Å²) in [5.74, 6) is 0. The van der Waals surface area contributed by atoms with Crippen LogP contribution in [0.25, 0.3) is 0 Å². The van der Waals surface area contributed by atoms with Crippen LogP contribution in [-0.4, -0.2) is 0 Å². The van der Waals surface area contributed by atoms with E-state index in [9.17, 15) is 0 Å². The molecule has 0 atom stereocenters. The van der Waals surface area contributed by atoms with E-state index in [0.717, 1.165) is 0 Å². The highest BCUT2D eigenvalue weighted by Gasteiger charge is 1.94. The van der Waals surface area contributed by atoms with Gasteiger partial charge in [-0.1, -0.05) is 102 Å². The van der Waals surface area contributed by atoms with Crippen LogP contribution in [0.5, 0.6) is 0 Å². The van der Waals surface area contributed by atoms with Gasteiger partial charge < -0.3 is 0 Å². The number of rotatable bonds is 13. The fraction of sp³-hybridized carbons (Fsp3) is 0.700. The molecule has 0 heteroatoms. The molecule has 1 aromatic rings. The van der Waals surface area contributed by atoms with Crippen LogP contribution >= 0.6 is 0 Å². The summed E-state index contributed by atoms with van der Waals surface area (Å²) in [7, 11) is 0. The summed E-state index contributed by atoms with van der Waals surface area (Å²) in [6.07, 6.45) is 18.4. The first kappa shape index (κ1) is 17.3. The zero-order valence-corrected chi connectivity index (χ0v) is 13.5. The summed E-state index contributed by atoms with van der Waals surface area (Å²) in [5.41, 5.74) is 1.44. The summed E-state index contributed by atoms with van der Waals surface area (Å²) in [6, 6.07) is 11.6. The lowest BCUT2D eigenvalue weighted by molar-refractivity contribution is 0.544. The second-order valence-electron chi connectivity index (χ2n) is 6.05. The standard InChI is InChI=1S/C20H33/c1-2-3-4-5-6-7-8-9-10-11-12-14-17-20-18-15-13-16-19-20/h13,15,18-19H,2-12,14,17H2,1H3. The average Bonchev–Trinajstić information content (AvgIpc) is 2.49. The third-order valence-electron chi connectivity index (χ3n) is 4.09. The molecule has 0 aliphatic rings. The van der Waals surface area contributed by atoms with Gasteiger partial charge in [-0.3, -0.25) is 0 Å². The van der Waals surface area contributed by atoms with Crippen LogP contribution in [-0.2, 0) is 6.42 Å². The van der Waals surface area contributed by atoms with Gasteiger partial charge in [0.05, 0.1) is 0 Å². The normalized spacial score (nSPS) is 10.8. The molecule has 0 unspecified atom stereocenters. The zero-order valence-electron chi connectivity index (χ0n) is 13.5. The topological polar surface area (TPSA) is 0 Å². The van der Waals surface area contributed by atoms with E-state index in [4.69, 9.17) is 0 Å². The maximum atomic E-state index is 3.15. The van der Waals surface area contributed by atoms with Gasteiger partial charge >= 0.3 is 0 Å². The highest BCUT2D eigenvalue weighted by Crippen LogP contribution is 2.13. The van der Waals surface area contributed by atoms with E-state index in [1.165, 1.54) is 89.0 Å².